The summed E-state index contributed by atoms with van der Waals surface area (Å²) >= 11 is 5.59. The van der Waals surface area contributed by atoms with Gasteiger partial charge in [-0.2, -0.15) is 13.2 Å². The van der Waals surface area contributed by atoms with Crippen molar-refractivity contribution in [3.05, 3.63) is 22.8 Å². The molecule has 9 heteroatoms. The van der Waals surface area contributed by atoms with E-state index in [2.05, 4.69) is 4.98 Å². The Morgan fingerprint density at radius 3 is 2.76 bits per heavy atom. The molecule has 0 saturated heterocycles. The molecule has 92 valence electrons. The molecule has 3 N–H and O–H groups in total. The summed E-state index contributed by atoms with van der Waals surface area (Å²) in [5.41, 5.74) is -0.0968. The normalized spacial score (nSPS) is 19.9. The number of nitrogens with one attached hydrogen (secondary N) is 1. The van der Waals surface area contributed by atoms with Crippen LogP contribution in [0.5, 0.6) is 0 Å². The first-order chi connectivity index (χ1) is 7.80. The van der Waals surface area contributed by atoms with Crippen molar-refractivity contribution in [1.82, 2.24) is 10.3 Å². The zero-order chi connectivity index (χ0) is 12.8. The van der Waals surface area contributed by atoms with Gasteiger partial charge >= 0.3 is 6.18 Å². The zero-order valence-corrected chi connectivity index (χ0v) is 8.88. The molecule has 1 aliphatic rings. The number of rotatable bonds is 0. The summed E-state index contributed by atoms with van der Waals surface area (Å²) < 4.78 is 37.6. The number of hydrogen-bond donors (Lipinski definition) is 2. The second kappa shape index (κ2) is 3.74. The first kappa shape index (κ1) is 11.9. The fraction of sp³-hybridized carbons (Fsp3) is 0.250. The monoisotopic (exact) mass is 266 g/mol. The van der Waals surface area contributed by atoms with Crippen LogP contribution in [0.4, 0.5) is 19.0 Å². The molecule has 17 heavy (non-hydrogen) atoms. The van der Waals surface area contributed by atoms with Crippen LogP contribution in [-0.2, 0) is 0 Å². The van der Waals surface area contributed by atoms with Crippen molar-refractivity contribution >= 4 is 23.3 Å². The Kier molecular flexibility index (Phi) is 2.63. The van der Waals surface area contributed by atoms with E-state index in [-0.39, 0.29) is 16.4 Å². The number of hydrazine groups is 1. The number of nitrogens with zero attached hydrogens (tertiary/aromatic N) is 2. The molecule has 0 spiro atoms. The summed E-state index contributed by atoms with van der Waals surface area (Å²) in [6.07, 6.45) is -5.87. The van der Waals surface area contributed by atoms with Crippen LogP contribution in [0, 0.1) is 0 Å². The lowest BCUT2D eigenvalue weighted by molar-refractivity contribution is -0.154. The van der Waals surface area contributed by atoms with E-state index in [1.807, 2.05) is 0 Å². The number of halogens is 4. The molecule has 1 atom stereocenters. The maximum absolute atomic E-state index is 12.5. The smallest absolute Gasteiger partial charge is 0.323 e. The summed E-state index contributed by atoms with van der Waals surface area (Å²) in [4.78, 5) is 15.1. The second-order valence-electron chi connectivity index (χ2n) is 3.35. The molecule has 1 amide bonds. The fourth-order valence-corrected chi connectivity index (χ4v) is 1.60. The van der Waals surface area contributed by atoms with E-state index in [0.29, 0.717) is 5.01 Å². The van der Waals surface area contributed by atoms with Gasteiger partial charge in [0.25, 0.3) is 5.91 Å². The van der Waals surface area contributed by atoms with Crippen LogP contribution >= 0.6 is 11.6 Å². The molecule has 2 heterocycles. The summed E-state index contributed by atoms with van der Waals surface area (Å²) in [6, 6.07) is 1.20. The summed E-state index contributed by atoms with van der Waals surface area (Å²) in [5, 5.41) is 2.22. The van der Waals surface area contributed by atoms with E-state index in [9.17, 15) is 18.0 Å². The van der Waals surface area contributed by atoms with E-state index in [1.54, 1.807) is 5.32 Å². The number of nitrogens with two attached hydrogens (primary N) is 1. The SMILES string of the molecule is NN1c2ncc(Cl)cc2C(=O)NC1C(F)(F)F. The number of alkyl halides is 3. The average Bonchev–Trinajstić information content (AvgIpc) is 2.21. The predicted molar refractivity (Wildman–Crippen MR) is 53.2 cm³/mol. The predicted octanol–water partition coefficient (Wildman–Crippen LogP) is 1.05. The Morgan fingerprint density at radius 1 is 1.53 bits per heavy atom. The number of carbonyl (C=O) groups excluding carboxylic acids is 1. The molecule has 0 saturated carbocycles. The van der Waals surface area contributed by atoms with Crippen LogP contribution in [0.1, 0.15) is 10.4 Å². The molecule has 2 rings (SSSR count). The van der Waals surface area contributed by atoms with Crippen molar-refractivity contribution < 1.29 is 18.0 Å². The molecule has 0 fully saturated rings. The lowest BCUT2D eigenvalue weighted by atomic mass is 10.2. The van der Waals surface area contributed by atoms with Crippen LogP contribution < -0.4 is 16.2 Å². The molecule has 0 aliphatic carbocycles. The molecule has 1 aromatic rings. The highest BCUT2D eigenvalue weighted by Gasteiger charge is 2.48. The number of fused-ring (bicyclic) bond motifs is 1. The van der Waals surface area contributed by atoms with Crippen LogP contribution in [-0.4, -0.2) is 23.2 Å². The highest BCUT2D eigenvalue weighted by molar-refractivity contribution is 6.31. The quantitative estimate of drug-likeness (QED) is 0.689. The first-order valence-electron chi connectivity index (χ1n) is 4.38. The van der Waals surface area contributed by atoms with E-state index in [0.717, 1.165) is 6.20 Å². The topological polar surface area (TPSA) is 71.2 Å². The minimum atomic E-state index is -4.69. The van der Waals surface area contributed by atoms with Crippen LogP contribution in [0.15, 0.2) is 12.3 Å². The van der Waals surface area contributed by atoms with Gasteiger partial charge in [0, 0.05) is 6.20 Å². The van der Waals surface area contributed by atoms with Gasteiger partial charge in [-0.25, -0.2) is 10.8 Å². The Balaban J connectivity index is 2.48. The summed E-state index contributed by atoms with van der Waals surface area (Å²) in [5.74, 6) is 4.10. The van der Waals surface area contributed by atoms with Crippen LogP contribution in [0.25, 0.3) is 0 Å². The second-order valence-corrected chi connectivity index (χ2v) is 3.79. The van der Waals surface area contributed by atoms with Crippen molar-refractivity contribution in [2.24, 2.45) is 5.84 Å². The summed E-state index contributed by atoms with van der Waals surface area (Å²) in [7, 11) is 0. The number of carbonyl (C=O) groups is 1. The highest BCUT2D eigenvalue weighted by Crippen LogP contribution is 2.30. The number of pyridine rings is 1. The van der Waals surface area contributed by atoms with Gasteiger partial charge < -0.3 is 5.32 Å². The fourth-order valence-electron chi connectivity index (χ4n) is 1.44. The number of amides is 1. The largest absolute Gasteiger partial charge is 0.428 e. The Bertz CT molecular complexity index is 478. The van der Waals surface area contributed by atoms with Crippen molar-refractivity contribution in [3.63, 3.8) is 0 Å². The maximum atomic E-state index is 12.5. The number of anilines is 1. The first-order valence-corrected chi connectivity index (χ1v) is 4.75. The van der Waals surface area contributed by atoms with E-state index >= 15 is 0 Å². The van der Waals surface area contributed by atoms with Crippen molar-refractivity contribution in [1.29, 1.82) is 0 Å². The molecule has 1 unspecified atom stereocenters. The number of aromatic nitrogens is 1. The molecule has 1 aliphatic heterocycles. The highest BCUT2D eigenvalue weighted by atomic mass is 35.5. The maximum Gasteiger partial charge on any atom is 0.428 e. The van der Waals surface area contributed by atoms with Gasteiger partial charge in [-0.3, -0.25) is 9.80 Å². The molecule has 0 aromatic carbocycles. The Labute approximate surface area is 98.3 Å². The third kappa shape index (κ3) is 2.01. The van der Waals surface area contributed by atoms with E-state index in [4.69, 9.17) is 17.4 Å². The standard InChI is InChI=1S/C8H6ClF3N4O/c9-3-1-4-5(14-2-3)16(13)7(8(10,11)12)15-6(4)17/h1-2,7H,13H2,(H,15,17). The molecule has 0 bridgehead atoms. The third-order valence-electron chi connectivity index (χ3n) is 2.18. The van der Waals surface area contributed by atoms with Gasteiger partial charge in [-0.1, -0.05) is 11.6 Å². The van der Waals surface area contributed by atoms with Crippen molar-refractivity contribution in [3.8, 4) is 0 Å². The lowest BCUT2D eigenvalue weighted by Crippen LogP contribution is -2.63. The third-order valence-corrected chi connectivity index (χ3v) is 2.39. The van der Waals surface area contributed by atoms with Crippen molar-refractivity contribution in [2.75, 3.05) is 5.01 Å². The van der Waals surface area contributed by atoms with Crippen LogP contribution in [0.2, 0.25) is 5.02 Å². The molecule has 5 nitrogen and oxygen atoms in total. The molecule has 0 radical (unpaired) electrons. The summed E-state index contributed by atoms with van der Waals surface area (Å²) in [6.45, 7) is 0. The van der Waals surface area contributed by atoms with Gasteiger partial charge in [0.15, 0.2) is 5.82 Å². The van der Waals surface area contributed by atoms with E-state index in [1.165, 1.54) is 6.07 Å². The molecular formula is C8H6ClF3N4O. The Morgan fingerprint density at radius 2 is 2.18 bits per heavy atom. The average molecular weight is 267 g/mol. The minimum Gasteiger partial charge on any atom is -0.323 e. The van der Waals surface area contributed by atoms with Gasteiger partial charge in [0.1, 0.15) is 0 Å². The van der Waals surface area contributed by atoms with E-state index < -0.39 is 18.2 Å². The lowest BCUT2D eigenvalue weighted by Gasteiger charge is -2.35. The van der Waals surface area contributed by atoms with Gasteiger partial charge in [-0.15, -0.1) is 0 Å². The van der Waals surface area contributed by atoms with Crippen LogP contribution in [0.3, 0.4) is 0 Å². The van der Waals surface area contributed by atoms with Gasteiger partial charge in [0.05, 0.1) is 10.6 Å². The number of hydrogen-bond acceptors (Lipinski definition) is 4. The van der Waals surface area contributed by atoms with Gasteiger partial charge in [0.2, 0.25) is 6.17 Å². The zero-order valence-electron chi connectivity index (χ0n) is 8.12. The molecular weight excluding hydrogens is 261 g/mol. The molecule has 1 aromatic heterocycles. The Hall–Kier alpha value is -1.54. The minimum absolute atomic E-state index is 0.0968. The van der Waals surface area contributed by atoms with Gasteiger partial charge in [-0.05, 0) is 6.07 Å². The van der Waals surface area contributed by atoms with Crippen molar-refractivity contribution in [2.45, 2.75) is 12.3 Å².